The van der Waals surface area contributed by atoms with Gasteiger partial charge in [0.1, 0.15) is 4.90 Å². The number of amides is 1. The smallest absolute Gasteiger partial charge is 0.265 e. The first-order chi connectivity index (χ1) is 14.7. The van der Waals surface area contributed by atoms with E-state index < -0.39 is 10.0 Å². The van der Waals surface area contributed by atoms with Gasteiger partial charge in [-0.3, -0.25) is 9.10 Å². The molecule has 0 saturated heterocycles. The summed E-state index contributed by atoms with van der Waals surface area (Å²) < 4.78 is 27.4. The second kappa shape index (κ2) is 9.82. The summed E-state index contributed by atoms with van der Waals surface area (Å²) in [5.74, 6) is -0.363. The van der Waals surface area contributed by atoms with Gasteiger partial charge in [0.05, 0.1) is 16.8 Å². The number of nitrogens with zero attached hydrogens (tertiary/aromatic N) is 2. The lowest BCUT2D eigenvalue weighted by Gasteiger charge is -2.24. The minimum atomic E-state index is -3.94. The maximum Gasteiger partial charge on any atom is 0.265 e. The SMILES string of the molecule is CN(C)C(CNC(=O)c1ccc(Cl)c(S(=O)(=O)N(C)c2ccccc2)c1)c1ccsc1. The molecule has 2 aromatic carbocycles. The van der Waals surface area contributed by atoms with E-state index in [-0.39, 0.29) is 27.4 Å². The second-order valence-electron chi connectivity index (χ2n) is 7.20. The number of benzene rings is 2. The molecule has 1 amide bonds. The number of hydrogen-bond donors (Lipinski definition) is 1. The molecule has 0 aliphatic heterocycles. The maximum atomic E-state index is 13.1. The number of halogens is 1. The highest BCUT2D eigenvalue weighted by atomic mass is 35.5. The van der Waals surface area contributed by atoms with Gasteiger partial charge in [-0.25, -0.2) is 8.42 Å². The topological polar surface area (TPSA) is 69.7 Å². The summed E-state index contributed by atoms with van der Waals surface area (Å²) in [6, 6.07) is 15.0. The Kier molecular flexibility index (Phi) is 7.38. The molecule has 9 heteroatoms. The molecule has 0 saturated carbocycles. The van der Waals surface area contributed by atoms with Crippen LogP contribution in [0.3, 0.4) is 0 Å². The summed E-state index contributed by atoms with van der Waals surface area (Å²) in [5, 5.41) is 7.00. The van der Waals surface area contributed by atoms with Gasteiger partial charge in [-0.05, 0) is 66.8 Å². The minimum Gasteiger partial charge on any atom is -0.350 e. The Balaban J connectivity index is 1.82. The molecule has 3 aromatic rings. The van der Waals surface area contributed by atoms with Crippen molar-refractivity contribution in [2.75, 3.05) is 32.0 Å². The van der Waals surface area contributed by atoms with Crippen molar-refractivity contribution in [2.24, 2.45) is 0 Å². The Hall–Kier alpha value is -2.39. The van der Waals surface area contributed by atoms with E-state index in [9.17, 15) is 13.2 Å². The van der Waals surface area contributed by atoms with Crippen molar-refractivity contribution in [2.45, 2.75) is 10.9 Å². The predicted octanol–water partition coefficient (Wildman–Crippen LogP) is 4.26. The van der Waals surface area contributed by atoms with Gasteiger partial charge in [0.15, 0.2) is 0 Å². The van der Waals surface area contributed by atoms with Crippen LogP contribution in [0.4, 0.5) is 5.69 Å². The van der Waals surface area contributed by atoms with Crippen LogP contribution in [0.2, 0.25) is 5.02 Å². The first-order valence-corrected chi connectivity index (χ1v) is 12.3. The van der Waals surface area contributed by atoms with Gasteiger partial charge in [-0.15, -0.1) is 0 Å². The minimum absolute atomic E-state index is 0.00918. The predicted molar refractivity (Wildman–Crippen MR) is 127 cm³/mol. The van der Waals surface area contributed by atoms with E-state index in [2.05, 4.69) is 5.32 Å². The Morgan fingerprint density at radius 3 is 2.42 bits per heavy atom. The van der Waals surface area contributed by atoms with E-state index in [0.29, 0.717) is 12.2 Å². The third-order valence-electron chi connectivity index (χ3n) is 4.96. The summed E-state index contributed by atoms with van der Waals surface area (Å²) in [5.41, 5.74) is 1.84. The van der Waals surface area contributed by atoms with Gasteiger partial charge >= 0.3 is 0 Å². The van der Waals surface area contributed by atoms with Gasteiger partial charge in [-0.2, -0.15) is 11.3 Å². The van der Waals surface area contributed by atoms with E-state index in [1.54, 1.807) is 41.7 Å². The average molecular weight is 478 g/mol. The second-order valence-corrected chi connectivity index (χ2v) is 10.3. The number of hydrogen-bond acceptors (Lipinski definition) is 5. The Morgan fingerprint density at radius 2 is 1.81 bits per heavy atom. The van der Waals surface area contributed by atoms with Crippen LogP contribution in [0.1, 0.15) is 22.0 Å². The van der Waals surface area contributed by atoms with Gasteiger partial charge < -0.3 is 10.2 Å². The molecule has 31 heavy (non-hydrogen) atoms. The number of carbonyl (C=O) groups is 1. The molecular formula is C22H24ClN3O3S2. The molecule has 0 radical (unpaired) electrons. The van der Waals surface area contributed by atoms with Crippen molar-refractivity contribution in [3.05, 3.63) is 81.5 Å². The summed E-state index contributed by atoms with van der Waals surface area (Å²) in [4.78, 5) is 14.7. The molecule has 0 spiro atoms. The molecular weight excluding hydrogens is 454 g/mol. The molecule has 0 aliphatic carbocycles. The fraction of sp³-hybridized carbons (Fsp3) is 0.227. The van der Waals surface area contributed by atoms with Crippen molar-refractivity contribution in [1.29, 1.82) is 0 Å². The monoisotopic (exact) mass is 477 g/mol. The number of rotatable bonds is 8. The van der Waals surface area contributed by atoms with Crippen LogP contribution in [0.15, 0.2) is 70.3 Å². The van der Waals surface area contributed by atoms with Gasteiger partial charge in [-0.1, -0.05) is 29.8 Å². The zero-order valence-electron chi connectivity index (χ0n) is 17.4. The Morgan fingerprint density at radius 1 is 1.10 bits per heavy atom. The van der Waals surface area contributed by atoms with Gasteiger partial charge in [0.25, 0.3) is 15.9 Å². The van der Waals surface area contributed by atoms with Gasteiger partial charge in [0, 0.05) is 19.2 Å². The van der Waals surface area contributed by atoms with Crippen LogP contribution in [-0.4, -0.2) is 46.9 Å². The van der Waals surface area contributed by atoms with Crippen molar-refractivity contribution in [3.63, 3.8) is 0 Å². The van der Waals surface area contributed by atoms with E-state index in [1.165, 1.54) is 25.2 Å². The molecule has 6 nitrogen and oxygen atoms in total. The normalized spacial score (nSPS) is 12.5. The lowest BCUT2D eigenvalue weighted by atomic mass is 10.1. The summed E-state index contributed by atoms with van der Waals surface area (Å²) in [7, 11) is 1.40. The molecule has 0 aliphatic rings. The Labute approximate surface area is 192 Å². The van der Waals surface area contributed by atoms with E-state index in [4.69, 9.17) is 11.6 Å². The van der Waals surface area contributed by atoms with E-state index >= 15 is 0 Å². The van der Waals surface area contributed by atoms with E-state index in [0.717, 1.165) is 9.87 Å². The number of anilines is 1. The number of carbonyl (C=O) groups excluding carboxylic acids is 1. The molecule has 0 fully saturated rings. The summed E-state index contributed by atoms with van der Waals surface area (Å²) in [6.45, 7) is 0.386. The molecule has 1 unspecified atom stereocenters. The Bertz CT molecular complexity index is 1130. The van der Waals surface area contributed by atoms with Crippen molar-refractivity contribution in [3.8, 4) is 0 Å². The highest BCUT2D eigenvalue weighted by molar-refractivity contribution is 7.93. The molecule has 1 N–H and O–H groups in total. The number of sulfonamides is 1. The highest BCUT2D eigenvalue weighted by Gasteiger charge is 2.26. The molecule has 1 atom stereocenters. The maximum absolute atomic E-state index is 13.1. The molecule has 1 aromatic heterocycles. The number of likely N-dealkylation sites (N-methyl/N-ethyl adjacent to an activating group) is 1. The number of para-hydroxylation sites is 1. The van der Waals surface area contributed by atoms with Crippen LogP contribution in [0.25, 0.3) is 0 Å². The lowest BCUT2D eigenvalue weighted by Crippen LogP contribution is -2.34. The molecule has 3 rings (SSSR count). The van der Waals surface area contributed by atoms with Crippen molar-refractivity contribution >= 4 is 44.6 Å². The van der Waals surface area contributed by atoms with Crippen LogP contribution in [0, 0.1) is 0 Å². The van der Waals surface area contributed by atoms with Crippen molar-refractivity contribution < 1.29 is 13.2 Å². The van der Waals surface area contributed by atoms with Crippen LogP contribution in [-0.2, 0) is 10.0 Å². The molecule has 0 bridgehead atoms. The first-order valence-electron chi connectivity index (χ1n) is 9.52. The standard InChI is InChI=1S/C22H24ClN3O3S2/c1-25(2)20(17-11-12-30-15-17)14-24-22(27)16-9-10-19(23)21(13-16)31(28,29)26(3)18-7-5-4-6-8-18/h4-13,15,20H,14H2,1-3H3,(H,24,27). The zero-order chi connectivity index (χ0) is 22.6. The largest absolute Gasteiger partial charge is 0.350 e. The van der Waals surface area contributed by atoms with Crippen LogP contribution < -0.4 is 9.62 Å². The average Bonchev–Trinajstić information content (AvgIpc) is 3.28. The zero-order valence-corrected chi connectivity index (χ0v) is 19.8. The number of nitrogens with one attached hydrogen (secondary N) is 1. The molecule has 1 heterocycles. The third-order valence-corrected chi connectivity index (χ3v) is 7.93. The van der Waals surface area contributed by atoms with E-state index in [1.807, 2.05) is 35.8 Å². The van der Waals surface area contributed by atoms with Gasteiger partial charge in [0.2, 0.25) is 0 Å². The van der Waals surface area contributed by atoms with Crippen LogP contribution >= 0.6 is 22.9 Å². The summed E-state index contributed by atoms with van der Waals surface area (Å²) in [6.07, 6.45) is 0. The fourth-order valence-corrected chi connectivity index (χ4v) is 5.52. The highest BCUT2D eigenvalue weighted by Crippen LogP contribution is 2.28. The molecule has 164 valence electrons. The van der Waals surface area contributed by atoms with Crippen molar-refractivity contribution in [1.82, 2.24) is 10.2 Å². The van der Waals surface area contributed by atoms with Crippen LogP contribution in [0.5, 0.6) is 0 Å². The quantitative estimate of drug-likeness (QED) is 0.526. The third kappa shape index (κ3) is 5.27. The number of thiophene rings is 1. The fourth-order valence-electron chi connectivity index (χ4n) is 3.12. The lowest BCUT2D eigenvalue weighted by molar-refractivity contribution is 0.0941. The first kappa shape index (κ1) is 23.3. The summed E-state index contributed by atoms with van der Waals surface area (Å²) >= 11 is 7.81.